The van der Waals surface area contributed by atoms with Gasteiger partial charge in [-0.2, -0.15) is 0 Å². The largest absolute Gasteiger partial charge is 0.395 e. The third-order valence-corrected chi connectivity index (χ3v) is 2.63. The van der Waals surface area contributed by atoms with Crippen LogP contribution in [0.5, 0.6) is 0 Å². The van der Waals surface area contributed by atoms with E-state index in [1.165, 1.54) is 0 Å². The van der Waals surface area contributed by atoms with Crippen LogP contribution in [0.25, 0.3) is 0 Å². The first-order valence-electron chi connectivity index (χ1n) is 5.25. The van der Waals surface area contributed by atoms with E-state index in [4.69, 9.17) is 5.11 Å². The summed E-state index contributed by atoms with van der Waals surface area (Å²) in [7, 11) is 0. The van der Waals surface area contributed by atoms with Gasteiger partial charge in [0.1, 0.15) is 5.78 Å². The van der Waals surface area contributed by atoms with Crippen LogP contribution in [-0.4, -0.2) is 29.9 Å². The lowest BCUT2D eigenvalue weighted by atomic mass is 10.1. The second-order valence-electron chi connectivity index (χ2n) is 3.59. The van der Waals surface area contributed by atoms with Crippen molar-refractivity contribution >= 4 is 27.6 Å². The number of nitrogens with one attached hydrogen (secondary N) is 1. The number of rotatable bonds is 6. The molecule has 0 spiro atoms. The van der Waals surface area contributed by atoms with Crippen LogP contribution in [0.4, 0.5) is 0 Å². The molecule has 0 bridgehead atoms. The Morgan fingerprint density at radius 1 is 1.24 bits per heavy atom. The molecule has 0 aliphatic carbocycles. The lowest BCUT2D eigenvalue weighted by Crippen LogP contribution is -2.28. The molecule has 4 nitrogen and oxygen atoms in total. The van der Waals surface area contributed by atoms with Gasteiger partial charge in [0.05, 0.1) is 13.0 Å². The number of carbonyl (C=O) groups excluding carboxylic acids is 2. The first-order chi connectivity index (χ1) is 8.11. The van der Waals surface area contributed by atoms with Gasteiger partial charge in [0.2, 0.25) is 5.91 Å². The quantitative estimate of drug-likeness (QED) is 0.772. The number of carbonyl (C=O) groups is 2. The van der Waals surface area contributed by atoms with Crippen molar-refractivity contribution in [1.82, 2.24) is 5.32 Å². The summed E-state index contributed by atoms with van der Waals surface area (Å²) in [6, 6.07) is 7.39. The molecule has 5 heteroatoms. The second-order valence-corrected chi connectivity index (χ2v) is 4.51. The van der Waals surface area contributed by atoms with Crippen LogP contribution in [0.15, 0.2) is 28.7 Å². The Balaban J connectivity index is 2.39. The van der Waals surface area contributed by atoms with Crippen molar-refractivity contribution in [3.05, 3.63) is 34.3 Å². The standard InChI is InChI=1S/C12H14BrNO3/c13-10-3-1-9(2-4-10)7-11(16)8-12(17)14-5-6-15/h1-4,15H,5-8H2,(H,14,17). The fraction of sp³-hybridized carbons (Fsp3) is 0.333. The van der Waals surface area contributed by atoms with Gasteiger partial charge in [-0.3, -0.25) is 9.59 Å². The monoisotopic (exact) mass is 299 g/mol. The van der Waals surface area contributed by atoms with Crippen LogP contribution in [0.2, 0.25) is 0 Å². The van der Waals surface area contributed by atoms with Crippen molar-refractivity contribution < 1.29 is 14.7 Å². The zero-order chi connectivity index (χ0) is 12.7. The number of hydrogen-bond acceptors (Lipinski definition) is 3. The summed E-state index contributed by atoms with van der Waals surface area (Å²) >= 11 is 3.31. The van der Waals surface area contributed by atoms with Crippen molar-refractivity contribution in [2.45, 2.75) is 12.8 Å². The molecule has 1 aromatic rings. The molecule has 0 aromatic heterocycles. The highest BCUT2D eigenvalue weighted by molar-refractivity contribution is 9.10. The zero-order valence-corrected chi connectivity index (χ0v) is 10.9. The predicted molar refractivity (Wildman–Crippen MR) is 67.6 cm³/mol. The average Bonchev–Trinajstić information content (AvgIpc) is 2.29. The van der Waals surface area contributed by atoms with Gasteiger partial charge in [-0.25, -0.2) is 0 Å². The van der Waals surface area contributed by atoms with Gasteiger partial charge in [-0.15, -0.1) is 0 Å². The van der Waals surface area contributed by atoms with Crippen molar-refractivity contribution in [2.24, 2.45) is 0 Å². The summed E-state index contributed by atoms with van der Waals surface area (Å²) in [5.74, 6) is -0.482. The van der Waals surface area contributed by atoms with Gasteiger partial charge in [0.15, 0.2) is 0 Å². The highest BCUT2D eigenvalue weighted by Crippen LogP contribution is 2.11. The summed E-state index contributed by atoms with van der Waals surface area (Å²) in [4.78, 5) is 22.7. The molecule has 0 atom stereocenters. The minimum absolute atomic E-state index is 0.118. The normalized spacial score (nSPS) is 10.0. The van der Waals surface area contributed by atoms with Crippen LogP contribution < -0.4 is 5.32 Å². The minimum atomic E-state index is -0.346. The Hall–Kier alpha value is -1.20. The van der Waals surface area contributed by atoms with Gasteiger partial charge in [0, 0.05) is 17.4 Å². The van der Waals surface area contributed by atoms with E-state index in [1.807, 2.05) is 24.3 Å². The van der Waals surface area contributed by atoms with E-state index in [1.54, 1.807) is 0 Å². The van der Waals surface area contributed by atoms with E-state index < -0.39 is 0 Å². The fourth-order valence-corrected chi connectivity index (χ4v) is 1.59. The van der Waals surface area contributed by atoms with Crippen molar-refractivity contribution in [1.29, 1.82) is 0 Å². The number of aliphatic hydroxyl groups excluding tert-OH is 1. The average molecular weight is 300 g/mol. The molecule has 0 saturated heterocycles. The summed E-state index contributed by atoms with van der Waals surface area (Å²) < 4.78 is 0.953. The fourth-order valence-electron chi connectivity index (χ4n) is 1.33. The maximum atomic E-state index is 11.5. The predicted octanol–water partition coefficient (Wildman–Crippen LogP) is 1.06. The van der Waals surface area contributed by atoms with Crippen molar-refractivity contribution in [2.75, 3.05) is 13.2 Å². The summed E-state index contributed by atoms with van der Waals surface area (Å²) in [6.45, 7) is 0.0665. The van der Waals surface area contributed by atoms with Gasteiger partial charge in [-0.1, -0.05) is 28.1 Å². The zero-order valence-electron chi connectivity index (χ0n) is 9.28. The number of benzene rings is 1. The number of ketones is 1. The molecule has 0 fully saturated rings. The van der Waals surface area contributed by atoms with Gasteiger partial charge in [0.25, 0.3) is 0 Å². The molecule has 0 aliphatic heterocycles. The number of Topliss-reactive ketones (excluding diaryl/α,β-unsaturated/α-hetero) is 1. The van der Waals surface area contributed by atoms with E-state index >= 15 is 0 Å². The van der Waals surface area contributed by atoms with Crippen LogP contribution in [0, 0.1) is 0 Å². The van der Waals surface area contributed by atoms with Crippen LogP contribution >= 0.6 is 15.9 Å². The molecule has 0 radical (unpaired) electrons. The Kier molecular flexibility index (Phi) is 5.86. The molecule has 1 aromatic carbocycles. The maximum Gasteiger partial charge on any atom is 0.227 e. The van der Waals surface area contributed by atoms with Gasteiger partial charge in [-0.05, 0) is 17.7 Å². The highest BCUT2D eigenvalue weighted by Gasteiger charge is 2.09. The lowest BCUT2D eigenvalue weighted by Gasteiger charge is -2.03. The molecule has 0 unspecified atom stereocenters. The lowest BCUT2D eigenvalue weighted by molar-refractivity contribution is -0.127. The highest BCUT2D eigenvalue weighted by atomic mass is 79.9. The van der Waals surface area contributed by atoms with Gasteiger partial charge >= 0.3 is 0 Å². The van der Waals surface area contributed by atoms with E-state index in [2.05, 4.69) is 21.2 Å². The molecular formula is C12H14BrNO3. The number of hydrogen-bond donors (Lipinski definition) is 2. The van der Waals surface area contributed by atoms with E-state index in [-0.39, 0.29) is 37.7 Å². The first-order valence-corrected chi connectivity index (χ1v) is 6.05. The number of halogens is 1. The Morgan fingerprint density at radius 2 is 1.88 bits per heavy atom. The molecule has 2 N–H and O–H groups in total. The third kappa shape index (κ3) is 5.60. The van der Waals surface area contributed by atoms with Crippen LogP contribution in [0.3, 0.4) is 0 Å². The number of aliphatic hydroxyl groups is 1. The van der Waals surface area contributed by atoms with Crippen molar-refractivity contribution in [3.8, 4) is 0 Å². The summed E-state index contributed by atoms with van der Waals surface area (Å²) in [6.07, 6.45) is 0.107. The summed E-state index contributed by atoms with van der Waals surface area (Å²) in [5.41, 5.74) is 0.883. The van der Waals surface area contributed by atoms with E-state index in [9.17, 15) is 9.59 Å². The van der Waals surface area contributed by atoms with Gasteiger partial charge < -0.3 is 10.4 Å². The maximum absolute atomic E-state index is 11.5. The first kappa shape index (κ1) is 13.9. The topological polar surface area (TPSA) is 66.4 Å². The smallest absolute Gasteiger partial charge is 0.227 e. The molecule has 0 heterocycles. The molecule has 1 amide bonds. The minimum Gasteiger partial charge on any atom is -0.395 e. The molecule has 17 heavy (non-hydrogen) atoms. The Morgan fingerprint density at radius 3 is 2.47 bits per heavy atom. The SMILES string of the molecule is O=C(CC(=O)NCCO)Cc1ccc(Br)cc1. The molecule has 0 aliphatic rings. The van der Waals surface area contributed by atoms with Crippen LogP contribution in [0.1, 0.15) is 12.0 Å². The van der Waals surface area contributed by atoms with Crippen LogP contribution in [-0.2, 0) is 16.0 Å². The second kappa shape index (κ2) is 7.19. The van der Waals surface area contributed by atoms with E-state index in [0.29, 0.717) is 0 Å². The third-order valence-electron chi connectivity index (χ3n) is 2.11. The molecule has 0 saturated carbocycles. The van der Waals surface area contributed by atoms with Crippen molar-refractivity contribution in [3.63, 3.8) is 0 Å². The molecule has 1 rings (SSSR count). The Bertz CT molecular complexity index is 389. The number of amides is 1. The summed E-state index contributed by atoms with van der Waals surface area (Å²) in [5, 5.41) is 10.9. The van der Waals surface area contributed by atoms with E-state index in [0.717, 1.165) is 10.0 Å². The Labute approximate surface area is 108 Å². The molecular weight excluding hydrogens is 286 g/mol. The molecule has 92 valence electrons.